The molecular formula is C14H19NSi2. The Hall–Kier alpha value is -1.17. The molecule has 0 saturated heterocycles. The first-order valence-electron chi connectivity index (χ1n) is 6.13. The van der Waals surface area contributed by atoms with Crippen molar-refractivity contribution in [1.82, 2.24) is 4.65 Å². The van der Waals surface area contributed by atoms with E-state index in [1.165, 1.54) is 10.4 Å². The summed E-state index contributed by atoms with van der Waals surface area (Å²) in [6.07, 6.45) is 0. The van der Waals surface area contributed by atoms with Gasteiger partial charge in [0.25, 0.3) is 0 Å². The van der Waals surface area contributed by atoms with E-state index in [1.807, 2.05) is 0 Å². The monoisotopic (exact) mass is 257 g/mol. The fourth-order valence-electron chi connectivity index (χ4n) is 2.01. The third-order valence-corrected chi connectivity index (χ3v) is 8.87. The van der Waals surface area contributed by atoms with E-state index in [1.54, 1.807) is 0 Å². The van der Waals surface area contributed by atoms with E-state index in [-0.39, 0.29) is 0 Å². The summed E-state index contributed by atoms with van der Waals surface area (Å²) < 4.78 is 3.89. The van der Waals surface area contributed by atoms with Gasteiger partial charge in [0.05, 0.1) is 8.96 Å². The van der Waals surface area contributed by atoms with Crippen molar-refractivity contribution in [3.8, 4) is 0 Å². The van der Waals surface area contributed by atoms with Crippen LogP contribution < -0.4 is 15.0 Å². The van der Waals surface area contributed by atoms with Gasteiger partial charge in [-0.1, -0.05) is 73.8 Å². The highest BCUT2D eigenvalue weighted by atomic mass is 28.3. The molecule has 0 spiro atoms. The summed E-state index contributed by atoms with van der Waals surface area (Å²) in [4.78, 5) is 0. The van der Waals surface area contributed by atoms with Crippen molar-refractivity contribution in [2.75, 3.05) is 0 Å². The van der Waals surface area contributed by atoms with Gasteiger partial charge in [-0.25, -0.2) is 0 Å². The van der Waals surface area contributed by atoms with E-state index >= 15 is 0 Å². The minimum absolute atomic E-state index is 0.756. The average Bonchev–Trinajstić information content (AvgIpc) is 2.38. The Balaban J connectivity index is 2.32. The molecule has 0 aliphatic heterocycles. The zero-order chi connectivity index (χ0) is 12.1. The van der Waals surface area contributed by atoms with Gasteiger partial charge in [0, 0.05) is 0 Å². The smallest absolute Gasteiger partial charge is 0.166 e. The standard InChI is InChI=1S/C14H19NSi2/c1-16(2)15-17(13-9-5-3-6-10-13)14-11-7-4-8-12-14/h3-12,15-17H,1-2H3. The topological polar surface area (TPSA) is 12.0 Å². The molecule has 0 aliphatic carbocycles. The minimum atomic E-state index is -1.20. The molecule has 0 radical (unpaired) electrons. The Morgan fingerprint density at radius 1 is 0.706 bits per heavy atom. The Morgan fingerprint density at radius 2 is 1.12 bits per heavy atom. The van der Waals surface area contributed by atoms with E-state index < -0.39 is 17.9 Å². The van der Waals surface area contributed by atoms with Crippen molar-refractivity contribution in [2.24, 2.45) is 0 Å². The predicted octanol–water partition coefficient (Wildman–Crippen LogP) is 1.10. The summed E-state index contributed by atoms with van der Waals surface area (Å²) in [6, 6.07) is 21.8. The summed E-state index contributed by atoms with van der Waals surface area (Å²) in [6.45, 7) is 4.71. The second-order valence-electron chi connectivity index (χ2n) is 4.58. The van der Waals surface area contributed by atoms with E-state index in [4.69, 9.17) is 0 Å². The minimum Gasteiger partial charge on any atom is -0.357 e. The Kier molecular flexibility index (Phi) is 4.31. The maximum Gasteiger partial charge on any atom is 0.166 e. The second kappa shape index (κ2) is 5.95. The molecule has 2 aromatic carbocycles. The highest BCUT2D eigenvalue weighted by Gasteiger charge is 2.16. The lowest BCUT2D eigenvalue weighted by Crippen LogP contribution is -2.57. The summed E-state index contributed by atoms with van der Waals surface area (Å²) in [5, 5.41) is 2.97. The maximum atomic E-state index is 3.89. The molecule has 0 heterocycles. The highest BCUT2D eigenvalue weighted by Crippen LogP contribution is 1.91. The summed E-state index contributed by atoms with van der Waals surface area (Å²) in [5.41, 5.74) is 0. The molecule has 1 nitrogen and oxygen atoms in total. The van der Waals surface area contributed by atoms with Gasteiger partial charge in [0.1, 0.15) is 0 Å². The van der Waals surface area contributed by atoms with Crippen LogP contribution in [0, 0.1) is 0 Å². The molecule has 17 heavy (non-hydrogen) atoms. The molecule has 0 unspecified atom stereocenters. The third-order valence-electron chi connectivity index (χ3n) is 2.77. The number of nitrogens with one attached hydrogen (secondary N) is 1. The molecule has 88 valence electrons. The summed E-state index contributed by atoms with van der Waals surface area (Å²) >= 11 is 0. The molecule has 0 aromatic heterocycles. The van der Waals surface area contributed by atoms with E-state index in [2.05, 4.69) is 78.4 Å². The normalized spacial score (nSPS) is 11.1. The number of hydrogen-bond acceptors (Lipinski definition) is 1. The average molecular weight is 257 g/mol. The molecule has 3 heteroatoms. The molecule has 2 aromatic rings. The largest absolute Gasteiger partial charge is 0.357 e. The van der Waals surface area contributed by atoms with Crippen molar-refractivity contribution in [2.45, 2.75) is 13.1 Å². The van der Waals surface area contributed by atoms with Crippen molar-refractivity contribution < 1.29 is 0 Å². The Bertz CT molecular complexity index is 403. The van der Waals surface area contributed by atoms with E-state index in [9.17, 15) is 0 Å². The number of rotatable bonds is 4. The number of benzene rings is 2. The molecule has 0 amide bonds. The Morgan fingerprint density at radius 3 is 1.47 bits per heavy atom. The summed E-state index contributed by atoms with van der Waals surface area (Å²) in [5.74, 6) is 0. The lowest BCUT2D eigenvalue weighted by molar-refractivity contribution is 1.47. The zero-order valence-electron chi connectivity index (χ0n) is 10.4. The van der Waals surface area contributed by atoms with Crippen LogP contribution in [0.1, 0.15) is 0 Å². The molecule has 0 fully saturated rings. The fourth-order valence-corrected chi connectivity index (χ4v) is 7.81. The van der Waals surface area contributed by atoms with Gasteiger partial charge in [-0.05, 0) is 10.4 Å². The first kappa shape index (κ1) is 12.3. The second-order valence-corrected chi connectivity index (χ2v) is 10.4. The van der Waals surface area contributed by atoms with Crippen LogP contribution in [0.2, 0.25) is 13.1 Å². The van der Waals surface area contributed by atoms with Gasteiger partial charge in [-0.3, -0.25) is 0 Å². The van der Waals surface area contributed by atoms with E-state index in [0.717, 1.165) is 0 Å². The summed E-state index contributed by atoms with van der Waals surface area (Å²) in [7, 11) is -1.95. The van der Waals surface area contributed by atoms with Gasteiger partial charge in [-0.2, -0.15) is 0 Å². The molecule has 0 bridgehead atoms. The van der Waals surface area contributed by atoms with Crippen LogP contribution in [0.15, 0.2) is 60.7 Å². The zero-order valence-corrected chi connectivity index (χ0v) is 12.7. The van der Waals surface area contributed by atoms with Crippen LogP contribution in [0.4, 0.5) is 0 Å². The molecule has 0 atom stereocenters. The van der Waals surface area contributed by atoms with Crippen LogP contribution >= 0.6 is 0 Å². The van der Waals surface area contributed by atoms with Crippen molar-refractivity contribution in [3.05, 3.63) is 60.7 Å². The Labute approximate surface area is 107 Å². The van der Waals surface area contributed by atoms with Gasteiger partial charge in [0.15, 0.2) is 8.96 Å². The quantitative estimate of drug-likeness (QED) is 0.809. The lowest BCUT2D eigenvalue weighted by atomic mass is 10.4. The van der Waals surface area contributed by atoms with Gasteiger partial charge in [0.2, 0.25) is 0 Å². The van der Waals surface area contributed by atoms with Gasteiger partial charge in [-0.15, -0.1) is 0 Å². The number of hydrogen-bond donors (Lipinski definition) is 1. The highest BCUT2D eigenvalue weighted by molar-refractivity contribution is 6.89. The van der Waals surface area contributed by atoms with Crippen LogP contribution in [-0.4, -0.2) is 17.9 Å². The first-order chi connectivity index (χ1) is 8.27. The molecule has 0 saturated carbocycles. The third kappa shape index (κ3) is 3.39. The van der Waals surface area contributed by atoms with Crippen LogP contribution in [0.25, 0.3) is 0 Å². The van der Waals surface area contributed by atoms with Crippen LogP contribution in [0.5, 0.6) is 0 Å². The maximum absolute atomic E-state index is 3.89. The first-order valence-corrected chi connectivity index (χ1v) is 10.7. The predicted molar refractivity (Wildman–Crippen MR) is 81.3 cm³/mol. The van der Waals surface area contributed by atoms with Gasteiger partial charge >= 0.3 is 0 Å². The van der Waals surface area contributed by atoms with Crippen LogP contribution in [0.3, 0.4) is 0 Å². The fraction of sp³-hybridized carbons (Fsp3) is 0.143. The molecule has 2 rings (SSSR count). The van der Waals surface area contributed by atoms with Crippen molar-refractivity contribution in [3.63, 3.8) is 0 Å². The van der Waals surface area contributed by atoms with Crippen LogP contribution in [-0.2, 0) is 0 Å². The van der Waals surface area contributed by atoms with Crippen molar-refractivity contribution in [1.29, 1.82) is 0 Å². The van der Waals surface area contributed by atoms with E-state index in [0.29, 0.717) is 0 Å². The molecule has 1 N–H and O–H groups in total. The lowest BCUT2D eigenvalue weighted by Gasteiger charge is -2.20. The van der Waals surface area contributed by atoms with Gasteiger partial charge < -0.3 is 4.65 Å². The SMILES string of the molecule is C[SiH](C)N[SiH](c1ccccc1)c1ccccc1. The molecular weight excluding hydrogens is 238 g/mol. The molecule has 0 aliphatic rings. The van der Waals surface area contributed by atoms with Crippen molar-refractivity contribution >= 4 is 28.3 Å².